The number of aromatic nitrogens is 1. The van der Waals surface area contributed by atoms with Crippen LogP contribution in [0.15, 0.2) is 54.9 Å². The summed E-state index contributed by atoms with van der Waals surface area (Å²) >= 11 is 0. The minimum atomic E-state index is -0.0372. The second-order valence-electron chi connectivity index (χ2n) is 5.02. The van der Waals surface area contributed by atoms with Crippen LogP contribution in [0.4, 0.5) is 0 Å². The number of nitrogens with two attached hydrogens (primary N) is 1. The van der Waals surface area contributed by atoms with Gasteiger partial charge in [-0.15, -0.1) is 0 Å². The summed E-state index contributed by atoms with van der Waals surface area (Å²) in [5.74, 6) is 0.0547. The Hall–Kier alpha value is -2.20. The number of nitrogens with zero attached hydrogens (tertiary/aromatic N) is 1. The summed E-state index contributed by atoms with van der Waals surface area (Å²) < 4.78 is 0. The van der Waals surface area contributed by atoms with Crippen LogP contribution in [0.1, 0.15) is 30.0 Å². The Kier molecular flexibility index (Phi) is 5.91. The molecule has 0 saturated heterocycles. The Labute approximate surface area is 125 Å². The standard InChI is InChI=1S/C17H21N3O/c18-16(15-6-2-1-3-7-15)10-12-20-17(21)9-8-14-5-4-11-19-13-14/h1-7,11,13,16H,8-10,12,18H2,(H,20,21). The van der Waals surface area contributed by atoms with Crippen LogP contribution < -0.4 is 11.1 Å². The molecule has 3 N–H and O–H groups in total. The van der Waals surface area contributed by atoms with Crippen molar-refractivity contribution >= 4 is 5.91 Å². The number of carbonyl (C=O) groups is 1. The fourth-order valence-corrected chi connectivity index (χ4v) is 2.13. The first-order valence-electron chi connectivity index (χ1n) is 7.22. The van der Waals surface area contributed by atoms with Crippen molar-refractivity contribution in [2.45, 2.75) is 25.3 Å². The summed E-state index contributed by atoms with van der Waals surface area (Å²) in [4.78, 5) is 15.8. The molecule has 21 heavy (non-hydrogen) atoms. The molecule has 1 atom stereocenters. The van der Waals surface area contributed by atoms with E-state index in [9.17, 15) is 4.79 Å². The van der Waals surface area contributed by atoms with Gasteiger partial charge in [-0.3, -0.25) is 9.78 Å². The van der Waals surface area contributed by atoms with E-state index in [0.29, 0.717) is 19.4 Å². The van der Waals surface area contributed by atoms with Crippen LogP contribution in [-0.2, 0) is 11.2 Å². The number of hydrogen-bond donors (Lipinski definition) is 2. The molecule has 0 bridgehead atoms. The maximum atomic E-state index is 11.8. The number of pyridine rings is 1. The van der Waals surface area contributed by atoms with Gasteiger partial charge in [-0.05, 0) is 30.0 Å². The molecule has 0 aliphatic heterocycles. The molecule has 0 aliphatic rings. The van der Waals surface area contributed by atoms with Crippen molar-refractivity contribution in [3.05, 3.63) is 66.0 Å². The molecule has 4 nitrogen and oxygen atoms in total. The van der Waals surface area contributed by atoms with E-state index in [4.69, 9.17) is 5.73 Å². The van der Waals surface area contributed by atoms with E-state index in [1.54, 1.807) is 12.4 Å². The normalized spacial score (nSPS) is 11.9. The van der Waals surface area contributed by atoms with Crippen molar-refractivity contribution < 1.29 is 4.79 Å². The van der Waals surface area contributed by atoms with Crippen LogP contribution in [0.5, 0.6) is 0 Å². The molecule has 0 radical (unpaired) electrons. The maximum absolute atomic E-state index is 11.8. The first kappa shape index (κ1) is 15.2. The van der Waals surface area contributed by atoms with Gasteiger partial charge in [-0.25, -0.2) is 0 Å². The Morgan fingerprint density at radius 3 is 2.71 bits per heavy atom. The fraction of sp³-hybridized carbons (Fsp3) is 0.294. The largest absolute Gasteiger partial charge is 0.356 e. The van der Waals surface area contributed by atoms with Crippen LogP contribution in [0.3, 0.4) is 0 Å². The van der Waals surface area contributed by atoms with Crippen molar-refractivity contribution in [1.29, 1.82) is 0 Å². The number of amides is 1. The van der Waals surface area contributed by atoms with Crippen molar-refractivity contribution in [3.8, 4) is 0 Å². The third-order valence-corrected chi connectivity index (χ3v) is 3.37. The zero-order valence-electron chi connectivity index (χ0n) is 12.0. The monoisotopic (exact) mass is 283 g/mol. The lowest BCUT2D eigenvalue weighted by atomic mass is 10.1. The van der Waals surface area contributed by atoms with Crippen molar-refractivity contribution in [3.63, 3.8) is 0 Å². The number of benzene rings is 1. The summed E-state index contributed by atoms with van der Waals surface area (Å²) in [6, 6.07) is 13.8. The lowest BCUT2D eigenvalue weighted by molar-refractivity contribution is -0.121. The van der Waals surface area contributed by atoms with Gasteiger partial charge in [0.25, 0.3) is 0 Å². The fourth-order valence-electron chi connectivity index (χ4n) is 2.13. The van der Waals surface area contributed by atoms with E-state index >= 15 is 0 Å². The van der Waals surface area contributed by atoms with Gasteiger partial charge in [-0.1, -0.05) is 36.4 Å². The summed E-state index contributed by atoms with van der Waals surface area (Å²) in [6.07, 6.45) is 5.45. The van der Waals surface area contributed by atoms with E-state index in [2.05, 4.69) is 10.3 Å². The molecule has 0 fully saturated rings. The summed E-state index contributed by atoms with van der Waals surface area (Å²) in [5, 5.41) is 2.91. The maximum Gasteiger partial charge on any atom is 0.220 e. The average Bonchev–Trinajstić information content (AvgIpc) is 2.54. The number of nitrogens with one attached hydrogen (secondary N) is 1. The lowest BCUT2D eigenvalue weighted by Gasteiger charge is -2.12. The van der Waals surface area contributed by atoms with E-state index < -0.39 is 0 Å². The predicted octanol–water partition coefficient (Wildman–Crippen LogP) is 2.22. The zero-order chi connectivity index (χ0) is 14.9. The molecule has 1 unspecified atom stereocenters. The van der Waals surface area contributed by atoms with Gasteiger partial charge in [0, 0.05) is 31.4 Å². The molecule has 4 heteroatoms. The average molecular weight is 283 g/mol. The highest BCUT2D eigenvalue weighted by atomic mass is 16.1. The molecule has 2 rings (SSSR count). The van der Waals surface area contributed by atoms with E-state index in [1.807, 2.05) is 42.5 Å². The first-order valence-corrected chi connectivity index (χ1v) is 7.22. The number of hydrogen-bond acceptors (Lipinski definition) is 3. The van der Waals surface area contributed by atoms with Gasteiger partial charge in [0.05, 0.1) is 0 Å². The SMILES string of the molecule is NC(CCNC(=O)CCc1cccnc1)c1ccccc1. The third-order valence-electron chi connectivity index (χ3n) is 3.37. The quantitative estimate of drug-likeness (QED) is 0.818. The van der Waals surface area contributed by atoms with Crippen LogP contribution in [0.25, 0.3) is 0 Å². The Morgan fingerprint density at radius 1 is 1.19 bits per heavy atom. The topological polar surface area (TPSA) is 68.0 Å². The minimum absolute atomic E-state index is 0.0372. The lowest BCUT2D eigenvalue weighted by Crippen LogP contribution is -2.27. The Balaban J connectivity index is 1.65. The smallest absolute Gasteiger partial charge is 0.220 e. The molecule has 1 aromatic heterocycles. The van der Waals surface area contributed by atoms with E-state index in [0.717, 1.165) is 17.5 Å². The van der Waals surface area contributed by atoms with Gasteiger partial charge in [0.15, 0.2) is 0 Å². The summed E-state index contributed by atoms with van der Waals surface area (Å²) in [5.41, 5.74) is 8.26. The number of carbonyl (C=O) groups excluding carboxylic acids is 1. The molecule has 1 aromatic carbocycles. The molecule has 2 aromatic rings. The number of rotatable bonds is 7. The van der Waals surface area contributed by atoms with Gasteiger partial charge < -0.3 is 11.1 Å². The highest BCUT2D eigenvalue weighted by Gasteiger charge is 2.06. The minimum Gasteiger partial charge on any atom is -0.356 e. The van der Waals surface area contributed by atoms with Gasteiger partial charge in [0.1, 0.15) is 0 Å². The highest BCUT2D eigenvalue weighted by Crippen LogP contribution is 2.12. The predicted molar refractivity (Wildman–Crippen MR) is 83.6 cm³/mol. The van der Waals surface area contributed by atoms with Gasteiger partial charge in [-0.2, -0.15) is 0 Å². The van der Waals surface area contributed by atoms with Crippen LogP contribution in [0, 0.1) is 0 Å². The van der Waals surface area contributed by atoms with Crippen LogP contribution >= 0.6 is 0 Å². The molecular formula is C17H21N3O. The van der Waals surface area contributed by atoms with E-state index in [-0.39, 0.29) is 11.9 Å². The van der Waals surface area contributed by atoms with Crippen molar-refractivity contribution in [2.24, 2.45) is 5.73 Å². The van der Waals surface area contributed by atoms with Gasteiger partial charge >= 0.3 is 0 Å². The van der Waals surface area contributed by atoms with E-state index in [1.165, 1.54) is 0 Å². The Bertz CT molecular complexity index is 542. The van der Waals surface area contributed by atoms with Crippen LogP contribution in [0.2, 0.25) is 0 Å². The molecule has 0 aliphatic carbocycles. The molecule has 110 valence electrons. The van der Waals surface area contributed by atoms with Crippen molar-refractivity contribution in [2.75, 3.05) is 6.54 Å². The molecule has 0 saturated carbocycles. The zero-order valence-corrected chi connectivity index (χ0v) is 12.0. The summed E-state index contributed by atoms with van der Waals surface area (Å²) in [6.45, 7) is 0.599. The molecule has 0 spiro atoms. The van der Waals surface area contributed by atoms with Crippen molar-refractivity contribution in [1.82, 2.24) is 10.3 Å². The number of aryl methyl sites for hydroxylation is 1. The molecular weight excluding hydrogens is 262 g/mol. The highest BCUT2D eigenvalue weighted by molar-refractivity contribution is 5.76. The third kappa shape index (κ3) is 5.36. The van der Waals surface area contributed by atoms with Crippen LogP contribution in [-0.4, -0.2) is 17.4 Å². The van der Waals surface area contributed by atoms with Gasteiger partial charge in [0.2, 0.25) is 5.91 Å². The Morgan fingerprint density at radius 2 is 2.00 bits per heavy atom. The summed E-state index contributed by atoms with van der Waals surface area (Å²) in [7, 11) is 0. The second-order valence-corrected chi connectivity index (χ2v) is 5.02. The molecule has 1 amide bonds. The first-order chi connectivity index (χ1) is 10.3. The molecule has 1 heterocycles. The second kappa shape index (κ2) is 8.17.